The predicted molar refractivity (Wildman–Crippen MR) is 75.1 cm³/mol. The van der Waals surface area contributed by atoms with E-state index in [4.69, 9.17) is 4.74 Å². The highest BCUT2D eigenvalue weighted by Gasteiger charge is 2.29. The van der Waals surface area contributed by atoms with Gasteiger partial charge in [0.25, 0.3) is 0 Å². The summed E-state index contributed by atoms with van der Waals surface area (Å²) in [6.07, 6.45) is 2.11. The third-order valence-corrected chi connectivity index (χ3v) is 4.23. The molecule has 1 unspecified atom stereocenters. The normalized spacial score (nSPS) is 26.1. The summed E-state index contributed by atoms with van der Waals surface area (Å²) in [5, 5.41) is 6.42. The molecular weight excluding hydrogens is 242 g/mol. The number of ether oxygens (including phenoxy) is 1. The second-order valence-corrected chi connectivity index (χ2v) is 6.17. The van der Waals surface area contributed by atoms with Gasteiger partial charge in [-0.05, 0) is 33.2 Å². The minimum absolute atomic E-state index is 0.00152. The molecule has 2 saturated heterocycles. The van der Waals surface area contributed by atoms with Crippen LogP contribution in [0.5, 0.6) is 0 Å². The Balaban J connectivity index is 1.77. The number of carbonyl (C=O) groups is 1. The summed E-state index contributed by atoms with van der Waals surface area (Å²) in [7, 11) is 0. The molecule has 5 nitrogen and oxygen atoms in total. The number of hydrogen-bond donors (Lipinski definition) is 2. The molecular formula is C14H27N3O2. The number of morpholine rings is 1. The molecule has 0 spiro atoms. The maximum absolute atomic E-state index is 12.1. The first kappa shape index (κ1) is 14.8. The van der Waals surface area contributed by atoms with Gasteiger partial charge < -0.3 is 15.4 Å². The summed E-state index contributed by atoms with van der Waals surface area (Å²) < 4.78 is 5.38. The van der Waals surface area contributed by atoms with Crippen molar-refractivity contribution in [2.24, 2.45) is 5.92 Å². The standard InChI is InChI=1S/C14H27N3O2/c1-14(2,17-6-8-19-9-7-17)11-16-13(18)12-4-3-5-15-10-12/h12,15H,3-11H2,1-2H3,(H,16,18). The number of carbonyl (C=O) groups excluding carboxylic acids is 1. The van der Waals surface area contributed by atoms with Crippen molar-refractivity contribution in [2.45, 2.75) is 32.2 Å². The van der Waals surface area contributed by atoms with Crippen LogP contribution in [0, 0.1) is 5.92 Å². The Morgan fingerprint density at radius 3 is 2.79 bits per heavy atom. The van der Waals surface area contributed by atoms with E-state index in [0.717, 1.165) is 52.2 Å². The molecule has 19 heavy (non-hydrogen) atoms. The van der Waals surface area contributed by atoms with Crippen LogP contribution in [-0.2, 0) is 9.53 Å². The average molecular weight is 269 g/mol. The van der Waals surface area contributed by atoms with Gasteiger partial charge in [-0.2, -0.15) is 0 Å². The molecule has 0 aromatic heterocycles. The topological polar surface area (TPSA) is 53.6 Å². The third kappa shape index (κ3) is 4.16. The predicted octanol–water partition coefficient (Wildman–Crippen LogP) is 0.213. The highest BCUT2D eigenvalue weighted by molar-refractivity contribution is 5.79. The molecule has 0 saturated carbocycles. The molecule has 2 aliphatic rings. The number of amides is 1. The molecule has 0 aromatic carbocycles. The van der Waals surface area contributed by atoms with E-state index >= 15 is 0 Å². The van der Waals surface area contributed by atoms with E-state index in [9.17, 15) is 4.79 Å². The lowest BCUT2D eigenvalue weighted by Crippen LogP contribution is -2.56. The summed E-state index contributed by atoms with van der Waals surface area (Å²) >= 11 is 0. The first-order valence-corrected chi connectivity index (χ1v) is 7.41. The van der Waals surface area contributed by atoms with Crippen LogP contribution >= 0.6 is 0 Å². The molecule has 0 bridgehead atoms. The van der Waals surface area contributed by atoms with Crippen LogP contribution in [0.3, 0.4) is 0 Å². The van der Waals surface area contributed by atoms with Crippen molar-refractivity contribution in [1.29, 1.82) is 0 Å². The van der Waals surface area contributed by atoms with Crippen molar-refractivity contribution in [3.8, 4) is 0 Å². The molecule has 2 heterocycles. The van der Waals surface area contributed by atoms with Gasteiger partial charge in [-0.25, -0.2) is 0 Å². The summed E-state index contributed by atoms with van der Waals surface area (Å²) in [5.74, 6) is 0.350. The van der Waals surface area contributed by atoms with Gasteiger partial charge in [-0.3, -0.25) is 9.69 Å². The highest BCUT2D eigenvalue weighted by Crippen LogP contribution is 2.16. The van der Waals surface area contributed by atoms with E-state index in [-0.39, 0.29) is 17.4 Å². The molecule has 110 valence electrons. The van der Waals surface area contributed by atoms with Gasteiger partial charge >= 0.3 is 0 Å². The van der Waals surface area contributed by atoms with E-state index in [1.807, 2.05) is 0 Å². The Labute approximate surface area is 116 Å². The number of rotatable bonds is 4. The quantitative estimate of drug-likeness (QED) is 0.766. The van der Waals surface area contributed by atoms with E-state index < -0.39 is 0 Å². The van der Waals surface area contributed by atoms with Gasteiger partial charge in [-0.1, -0.05) is 0 Å². The average Bonchev–Trinajstić information content (AvgIpc) is 2.47. The summed E-state index contributed by atoms with van der Waals surface area (Å²) in [4.78, 5) is 14.5. The molecule has 1 amide bonds. The molecule has 0 radical (unpaired) electrons. The Morgan fingerprint density at radius 1 is 1.42 bits per heavy atom. The number of nitrogens with one attached hydrogen (secondary N) is 2. The van der Waals surface area contributed by atoms with Crippen LogP contribution in [0.25, 0.3) is 0 Å². The van der Waals surface area contributed by atoms with Gasteiger partial charge in [0.15, 0.2) is 0 Å². The lowest BCUT2D eigenvalue weighted by atomic mass is 9.97. The monoisotopic (exact) mass is 269 g/mol. The largest absolute Gasteiger partial charge is 0.379 e. The minimum atomic E-state index is 0.00152. The smallest absolute Gasteiger partial charge is 0.224 e. The van der Waals surface area contributed by atoms with Crippen molar-refractivity contribution >= 4 is 5.91 Å². The van der Waals surface area contributed by atoms with Gasteiger partial charge in [0.2, 0.25) is 5.91 Å². The third-order valence-electron chi connectivity index (χ3n) is 4.23. The maximum Gasteiger partial charge on any atom is 0.224 e. The summed E-state index contributed by atoms with van der Waals surface area (Å²) in [6, 6.07) is 0. The van der Waals surface area contributed by atoms with Gasteiger partial charge in [0.1, 0.15) is 0 Å². The van der Waals surface area contributed by atoms with Crippen molar-refractivity contribution < 1.29 is 9.53 Å². The van der Waals surface area contributed by atoms with Crippen LogP contribution in [-0.4, -0.2) is 62.3 Å². The van der Waals surface area contributed by atoms with E-state index in [2.05, 4.69) is 29.4 Å². The fourth-order valence-electron chi connectivity index (χ4n) is 2.80. The van der Waals surface area contributed by atoms with Gasteiger partial charge in [0, 0.05) is 31.7 Å². The Kier molecular flexibility index (Phi) is 5.19. The number of piperidine rings is 1. The van der Waals surface area contributed by atoms with Crippen LogP contribution in [0.1, 0.15) is 26.7 Å². The molecule has 5 heteroatoms. The maximum atomic E-state index is 12.1. The van der Waals surface area contributed by atoms with Crippen LogP contribution in [0.4, 0.5) is 0 Å². The van der Waals surface area contributed by atoms with Crippen molar-refractivity contribution in [3.05, 3.63) is 0 Å². The molecule has 2 aliphatic heterocycles. The molecule has 1 atom stereocenters. The van der Waals surface area contributed by atoms with E-state index in [0.29, 0.717) is 6.54 Å². The van der Waals surface area contributed by atoms with Crippen LogP contribution in [0.15, 0.2) is 0 Å². The fourth-order valence-corrected chi connectivity index (χ4v) is 2.80. The first-order chi connectivity index (χ1) is 9.09. The van der Waals surface area contributed by atoms with Gasteiger partial charge in [-0.15, -0.1) is 0 Å². The van der Waals surface area contributed by atoms with Crippen LogP contribution < -0.4 is 10.6 Å². The fraction of sp³-hybridized carbons (Fsp3) is 0.929. The highest BCUT2D eigenvalue weighted by atomic mass is 16.5. The Bertz CT molecular complexity index is 295. The van der Waals surface area contributed by atoms with Crippen molar-refractivity contribution in [1.82, 2.24) is 15.5 Å². The number of nitrogens with zero attached hydrogens (tertiary/aromatic N) is 1. The van der Waals surface area contributed by atoms with Crippen molar-refractivity contribution in [3.63, 3.8) is 0 Å². The number of hydrogen-bond acceptors (Lipinski definition) is 4. The summed E-state index contributed by atoms with van der Waals surface area (Å²) in [5.41, 5.74) is 0.00152. The second kappa shape index (κ2) is 6.68. The molecule has 2 N–H and O–H groups in total. The van der Waals surface area contributed by atoms with Gasteiger partial charge in [0.05, 0.1) is 19.1 Å². The zero-order valence-electron chi connectivity index (χ0n) is 12.2. The summed E-state index contributed by atoms with van der Waals surface area (Å²) in [6.45, 7) is 10.5. The zero-order valence-corrected chi connectivity index (χ0v) is 12.2. The molecule has 2 rings (SSSR count). The molecule has 0 aliphatic carbocycles. The van der Waals surface area contributed by atoms with Crippen LogP contribution in [0.2, 0.25) is 0 Å². The molecule has 2 fully saturated rings. The Hall–Kier alpha value is -0.650. The zero-order chi connectivity index (χ0) is 13.7. The lowest BCUT2D eigenvalue weighted by molar-refractivity contribution is -0.126. The minimum Gasteiger partial charge on any atom is -0.379 e. The van der Waals surface area contributed by atoms with Crippen molar-refractivity contribution in [2.75, 3.05) is 45.9 Å². The van der Waals surface area contributed by atoms with E-state index in [1.165, 1.54) is 0 Å². The molecule has 0 aromatic rings. The Morgan fingerprint density at radius 2 is 2.16 bits per heavy atom. The lowest BCUT2D eigenvalue weighted by Gasteiger charge is -2.41. The second-order valence-electron chi connectivity index (χ2n) is 6.17. The first-order valence-electron chi connectivity index (χ1n) is 7.41. The SMILES string of the molecule is CC(C)(CNC(=O)C1CCCNC1)N1CCOCC1. The van der Waals surface area contributed by atoms with E-state index in [1.54, 1.807) is 0 Å².